The van der Waals surface area contributed by atoms with Gasteiger partial charge >= 0.3 is 0 Å². The van der Waals surface area contributed by atoms with Crippen LogP contribution in [0.15, 0.2) is 56.6 Å². The monoisotopic (exact) mass is 362 g/mol. The molecule has 0 atom stereocenters. The summed E-state index contributed by atoms with van der Waals surface area (Å²) in [5.74, 6) is -0.0298. The number of halogens is 1. The van der Waals surface area contributed by atoms with Crippen LogP contribution in [-0.4, -0.2) is 28.2 Å². The van der Waals surface area contributed by atoms with Crippen molar-refractivity contribution in [2.75, 3.05) is 6.54 Å². The molecule has 2 aliphatic rings. The summed E-state index contributed by atoms with van der Waals surface area (Å²) in [5, 5.41) is 0.737. The number of fused-ring (bicyclic) bond motifs is 1. The highest BCUT2D eigenvalue weighted by atomic mass is 79.9. The van der Waals surface area contributed by atoms with E-state index in [-0.39, 0.29) is 11.6 Å². The predicted molar refractivity (Wildman–Crippen MR) is 87.1 cm³/mol. The van der Waals surface area contributed by atoms with E-state index in [2.05, 4.69) is 20.9 Å². The summed E-state index contributed by atoms with van der Waals surface area (Å²) in [6.45, 7) is 1.99. The average Bonchev–Trinajstić information content (AvgIpc) is 2.90. The van der Waals surface area contributed by atoms with Crippen molar-refractivity contribution >= 4 is 44.4 Å². The Bertz CT molecular complexity index is 720. The third-order valence-electron chi connectivity index (χ3n) is 3.17. The largest absolute Gasteiger partial charge is 0.321 e. The van der Waals surface area contributed by atoms with E-state index in [4.69, 9.17) is 0 Å². The number of rotatable bonds is 3. The lowest BCUT2D eigenvalue weighted by Crippen LogP contribution is -2.26. The zero-order valence-electron chi connectivity index (χ0n) is 11.2. The highest BCUT2D eigenvalue weighted by Crippen LogP contribution is 2.33. The van der Waals surface area contributed by atoms with Gasteiger partial charge in [0.1, 0.15) is 0 Å². The number of amidine groups is 1. The summed E-state index contributed by atoms with van der Waals surface area (Å²) < 4.78 is 0.934. The first-order valence-electron chi connectivity index (χ1n) is 6.29. The van der Waals surface area contributed by atoms with Gasteiger partial charge in [-0.15, -0.1) is 0 Å². The van der Waals surface area contributed by atoms with Crippen molar-refractivity contribution in [2.45, 2.75) is 6.92 Å². The molecule has 0 amide bonds. The Morgan fingerprint density at radius 1 is 1.29 bits per heavy atom. The van der Waals surface area contributed by atoms with Gasteiger partial charge in [0, 0.05) is 28.0 Å². The molecule has 0 saturated carbocycles. The topological polar surface area (TPSA) is 49.7 Å². The smallest absolute Gasteiger partial charge is 0.201 e. The number of benzene rings is 1. The highest BCUT2D eigenvalue weighted by Gasteiger charge is 2.29. The molecule has 0 unspecified atom stereocenters. The number of ketones is 2. The van der Waals surface area contributed by atoms with Gasteiger partial charge in [-0.05, 0) is 43.0 Å². The molecule has 2 heterocycles. The van der Waals surface area contributed by atoms with Crippen molar-refractivity contribution in [1.82, 2.24) is 4.90 Å². The molecular weight excluding hydrogens is 352 g/mol. The fraction of sp³-hybridized carbons (Fsp3) is 0.133. The average molecular weight is 363 g/mol. The van der Waals surface area contributed by atoms with Crippen molar-refractivity contribution in [3.05, 3.63) is 57.2 Å². The number of Topliss-reactive ketones (excluding diaryl/α,β-unsaturated/α-hetero) is 2. The Labute approximate surface area is 134 Å². The van der Waals surface area contributed by atoms with Gasteiger partial charge in [0.15, 0.2) is 11.0 Å². The minimum Gasteiger partial charge on any atom is -0.321 e. The summed E-state index contributed by atoms with van der Waals surface area (Å²) in [6, 6.07) is 7.25. The Morgan fingerprint density at radius 3 is 2.67 bits per heavy atom. The van der Waals surface area contributed by atoms with Gasteiger partial charge < -0.3 is 4.90 Å². The van der Waals surface area contributed by atoms with Crippen LogP contribution in [0.3, 0.4) is 0 Å². The molecule has 0 aliphatic carbocycles. The van der Waals surface area contributed by atoms with Crippen LogP contribution in [0.2, 0.25) is 0 Å². The van der Waals surface area contributed by atoms with E-state index >= 15 is 0 Å². The molecule has 0 radical (unpaired) electrons. The molecular formula is C15H11BrN2O2S. The van der Waals surface area contributed by atoms with Crippen molar-refractivity contribution in [1.29, 1.82) is 0 Å². The van der Waals surface area contributed by atoms with Crippen molar-refractivity contribution in [2.24, 2.45) is 4.99 Å². The lowest BCUT2D eigenvalue weighted by Gasteiger charge is -2.19. The Hall–Kier alpha value is -1.66. The maximum atomic E-state index is 12.4. The van der Waals surface area contributed by atoms with Gasteiger partial charge in [-0.3, -0.25) is 9.59 Å². The Morgan fingerprint density at radius 2 is 2.00 bits per heavy atom. The van der Waals surface area contributed by atoms with Crippen LogP contribution in [0.25, 0.3) is 0 Å². The number of allylic oxidation sites excluding steroid dienone is 1. The van der Waals surface area contributed by atoms with E-state index < -0.39 is 0 Å². The summed E-state index contributed by atoms with van der Waals surface area (Å²) >= 11 is 4.69. The summed E-state index contributed by atoms with van der Waals surface area (Å²) in [4.78, 5) is 30.5. The molecule has 0 spiro atoms. The second-order valence-electron chi connectivity index (χ2n) is 4.68. The van der Waals surface area contributed by atoms with E-state index in [1.807, 2.05) is 17.0 Å². The molecule has 0 aromatic heterocycles. The van der Waals surface area contributed by atoms with Crippen LogP contribution < -0.4 is 0 Å². The SMILES string of the molecule is CC(=O)C1=CN=C2SC(C(=O)c3ccc(Br)cc3)=CN2C1. The van der Waals surface area contributed by atoms with Gasteiger partial charge in [-0.2, -0.15) is 0 Å². The van der Waals surface area contributed by atoms with E-state index in [1.54, 1.807) is 24.5 Å². The second kappa shape index (κ2) is 5.61. The van der Waals surface area contributed by atoms with Crippen molar-refractivity contribution in [3.63, 3.8) is 0 Å². The standard InChI is InChI=1S/C15H11BrN2O2S/c1-9(19)11-6-17-15-18(7-11)8-13(21-15)14(20)10-2-4-12(16)5-3-10/h2-6,8H,7H2,1H3. The number of nitrogens with zero attached hydrogens (tertiary/aromatic N) is 2. The highest BCUT2D eigenvalue weighted by molar-refractivity contribution is 9.10. The number of carbonyl (C=O) groups excluding carboxylic acids is 2. The predicted octanol–water partition coefficient (Wildman–Crippen LogP) is 3.36. The quantitative estimate of drug-likeness (QED) is 0.773. The fourth-order valence-electron chi connectivity index (χ4n) is 2.00. The molecule has 0 fully saturated rings. The lowest BCUT2D eigenvalue weighted by molar-refractivity contribution is -0.113. The molecule has 6 heteroatoms. The fourth-order valence-corrected chi connectivity index (χ4v) is 3.19. The maximum absolute atomic E-state index is 12.4. The summed E-state index contributed by atoms with van der Waals surface area (Å²) in [6.07, 6.45) is 3.35. The van der Waals surface area contributed by atoms with Gasteiger partial charge in [0.05, 0.1) is 11.4 Å². The molecule has 3 rings (SSSR count). The van der Waals surface area contributed by atoms with Gasteiger partial charge in [0.25, 0.3) is 0 Å². The first-order chi connectivity index (χ1) is 10.0. The molecule has 21 heavy (non-hydrogen) atoms. The molecule has 1 aromatic rings. The number of thioether (sulfide) groups is 1. The van der Waals surface area contributed by atoms with Crippen LogP contribution in [0.1, 0.15) is 17.3 Å². The number of aliphatic imine (C=N–C) groups is 1. The summed E-state index contributed by atoms with van der Waals surface area (Å²) in [5.41, 5.74) is 1.28. The normalized spacial score (nSPS) is 16.9. The van der Waals surface area contributed by atoms with Crippen LogP contribution in [-0.2, 0) is 4.79 Å². The third kappa shape index (κ3) is 2.87. The lowest BCUT2D eigenvalue weighted by atomic mass is 10.1. The Balaban J connectivity index is 1.81. The number of hydrogen-bond acceptors (Lipinski definition) is 5. The number of carbonyl (C=O) groups is 2. The van der Waals surface area contributed by atoms with Gasteiger partial charge in [0.2, 0.25) is 5.78 Å². The molecule has 0 bridgehead atoms. The van der Waals surface area contributed by atoms with Crippen molar-refractivity contribution in [3.8, 4) is 0 Å². The molecule has 0 N–H and O–H groups in total. The second-order valence-corrected chi connectivity index (χ2v) is 6.61. The zero-order valence-corrected chi connectivity index (χ0v) is 13.6. The first kappa shape index (κ1) is 14.3. The van der Waals surface area contributed by atoms with Crippen LogP contribution in [0.5, 0.6) is 0 Å². The summed E-state index contributed by atoms with van der Waals surface area (Å²) in [7, 11) is 0. The first-order valence-corrected chi connectivity index (χ1v) is 7.90. The third-order valence-corrected chi connectivity index (χ3v) is 4.74. The minimum absolute atomic E-state index is 0.00360. The number of hydrogen-bond donors (Lipinski definition) is 0. The van der Waals surface area contributed by atoms with Gasteiger partial charge in [-0.1, -0.05) is 15.9 Å². The molecule has 2 aliphatic heterocycles. The molecule has 0 saturated heterocycles. The van der Waals surface area contributed by atoms with Crippen LogP contribution >= 0.6 is 27.7 Å². The molecule has 1 aromatic carbocycles. The minimum atomic E-state index is -0.0334. The van der Waals surface area contributed by atoms with E-state index in [0.29, 0.717) is 22.6 Å². The van der Waals surface area contributed by atoms with Crippen LogP contribution in [0, 0.1) is 0 Å². The van der Waals surface area contributed by atoms with E-state index in [1.165, 1.54) is 18.7 Å². The van der Waals surface area contributed by atoms with E-state index in [0.717, 1.165) is 9.64 Å². The maximum Gasteiger partial charge on any atom is 0.201 e. The van der Waals surface area contributed by atoms with Crippen molar-refractivity contribution < 1.29 is 9.59 Å². The van der Waals surface area contributed by atoms with Gasteiger partial charge in [-0.25, -0.2) is 4.99 Å². The van der Waals surface area contributed by atoms with E-state index in [9.17, 15) is 9.59 Å². The molecule has 106 valence electrons. The molecule has 4 nitrogen and oxygen atoms in total. The zero-order chi connectivity index (χ0) is 15.0. The Kier molecular flexibility index (Phi) is 3.82. The van der Waals surface area contributed by atoms with Crippen LogP contribution in [0.4, 0.5) is 0 Å².